The number of Topliss-reactive ketones (excluding diaryl/α,β-unsaturated/α-hetero) is 1. The number of aliphatic hydroxyl groups excluding tert-OH is 1. The number of rotatable bonds is 5. The number of ether oxygens (including phenoxy) is 1. The predicted octanol–water partition coefficient (Wildman–Crippen LogP) is 6.67. The Bertz CT molecular complexity index is 1570. The minimum atomic E-state index is -0.825. The van der Waals surface area contributed by atoms with Crippen molar-refractivity contribution in [3.05, 3.63) is 94.1 Å². The van der Waals surface area contributed by atoms with E-state index < -0.39 is 17.7 Å². The van der Waals surface area contributed by atoms with Gasteiger partial charge in [-0.3, -0.25) is 14.5 Å². The van der Waals surface area contributed by atoms with E-state index in [1.807, 2.05) is 50.2 Å². The predicted molar refractivity (Wildman–Crippen MR) is 147 cm³/mol. The minimum absolute atomic E-state index is 0.0303. The molecule has 37 heavy (non-hydrogen) atoms. The lowest BCUT2D eigenvalue weighted by Gasteiger charge is -2.23. The van der Waals surface area contributed by atoms with Crippen molar-refractivity contribution >= 4 is 44.1 Å². The summed E-state index contributed by atoms with van der Waals surface area (Å²) in [6, 6.07) is 17.9. The third-order valence-electron chi connectivity index (χ3n) is 6.73. The van der Waals surface area contributed by atoms with Gasteiger partial charge < -0.3 is 9.84 Å². The molecule has 1 aliphatic heterocycles. The number of nitrogens with zero attached hydrogens (tertiary/aromatic N) is 2. The molecule has 188 valence electrons. The quantitative estimate of drug-likeness (QED) is 0.183. The molecule has 1 N–H and O–H groups in total. The molecule has 0 bridgehead atoms. The first-order chi connectivity index (χ1) is 17.7. The number of aliphatic hydroxyl groups is 1. The lowest BCUT2D eigenvalue weighted by atomic mass is 9.93. The summed E-state index contributed by atoms with van der Waals surface area (Å²) < 4.78 is 6.24. The fraction of sp³-hybridized carbons (Fsp3) is 0.233. The number of hydrogen-bond donors (Lipinski definition) is 1. The number of benzene rings is 3. The maximum absolute atomic E-state index is 13.5. The molecule has 1 aromatic heterocycles. The summed E-state index contributed by atoms with van der Waals surface area (Å²) in [6.07, 6.45) is 0. The smallest absolute Gasteiger partial charge is 0.301 e. The van der Waals surface area contributed by atoms with Gasteiger partial charge in [0, 0.05) is 5.56 Å². The molecule has 0 radical (unpaired) electrons. The van der Waals surface area contributed by atoms with Crippen molar-refractivity contribution in [1.29, 1.82) is 0 Å². The van der Waals surface area contributed by atoms with E-state index in [1.54, 1.807) is 24.3 Å². The van der Waals surface area contributed by atoms with Gasteiger partial charge in [-0.1, -0.05) is 67.6 Å². The van der Waals surface area contributed by atoms with E-state index >= 15 is 0 Å². The first-order valence-corrected chi connectivity index (χ1v) is 12.9. The third kappa shape index (κ3) is 4.29. The number of carbonyl (C=O) groups excluding carboxylic acids is 2. The van der Waals surface area contributed by atoms with E-state index in [0.29, 0.717) is 22.4 Å². The van der Waals surface area contributed by atoms with Crippen molar-refractivity contribution in [2.45, 2.75) is 39.7 Å². The fourth-order valence-electron chi connectivity index (χ4n) is 4.80. The van der Waals surface area contributed by atoms with Crippen molar-refractivity contribution in [1.82, 2.24) is 4.98 Å². The monoisotopic (exact) mass is 512 g/mol. The fourth-order valence-corrected chi connectivity index (χ4v) is 5.96. The van der Waals surface area contributed by atoms with Gasteiger partial charge in [0.1, 0.15) is 11.5 Å². The summed E-state index contributed by atoms with van der Waals surface area (Å²) in [7, 11) is 1.53. The number of thiazole rings is 1. The first-order valence-electron chi connectivity index (χ1n) is 12.1. The van der Waals surface area contributed by atoms with Crippen LogP contribution in [0.3, 0.4) is 0 Å². The normalized spacial score (nSPS) is 17.2. The highest BCUT2D eigenvalue weighted by Crippen LogP contribution is 2.45. The Balaban J connectivity index is 1.73. The molecule has 0 spiro atoms. The minimum Gasteiger partial charge on any atom is -0.507 e. The highest BCUT2D eigenvalue weighted by molar-refractivity contribution is 7.22. The maximum Gasteiger partial charge on any atom is 0.301 e. The number of fused-ring (bicyclic) bond motifs is 1. The number of hydrogen-bond acceptors (Lipinski definition) is 6. The molecule has 3 aromatic carbocycles. The molecule has 1 saturated heterocycles. The van der Waals surface area contributed by atoms with Gasteiger partial charge in [-0.15, -0.1) is 0 Å². The maximum atomic E-state index is 13.5. The van der Waals surface area contributed by atoms with E-state index in [-0.39, 0.29) is 11.3 Å². The van der Waals surface area contributed by atoms with Crippen molar-refractivity contribution in [2.24, 2.45) is 0 Å². The number of carbonyl (C=O) groups is 2. The van der Waals surface area contributed by atoms with Crippen LogP contribution in [0.15, 0.2) is 66.2 Å². The number of aryl methyl sites for hydroxylation is 2. The Morgan fingerprint density at radius 2 is 1.78 bits per heavy atom. The van der Waals surface area contributed by atoms with Crippen LogP contribution in [-0.4, -0.2) is 28.9 Å². The lowest BCUT2D eigenvalue weighted by molar-refractivity contribution is -0.132. The molecule has 0 saturated carbocycles. The second-order valence-electron chi connectivity index (χ2n) is 9.65. The van der Waals surface area contributed by atoms with Crippen molar-refractivity contribution in [3.8, 4) is 5.75 Å². The average Bonchev–Trinajstić information content (AvgIpc) is 3.42. The third-order valence-corrected chi connectivity index (χ3v) is 7.73. The van der Waals surface area contributed by atoms with Crippen molar-refractivity contribution in [3.63, 3.8) is 0 Å². The van der Waals surface area contributed by atoms with E-state index in [1.165, 1.54) is 23.3 Å². The average molecular weight is 513 g/mol. The lowest BCUT2D eigenvalue weighted by Crippen LogP contribution is -2.29. The Labute approximate surface area is 219 Å². The van der Waals surface area contributed by atoms with Crippen LogP contribution in [-0.2, 0) is 9.59 Å². The standard InChI is InChI=1S/C30H28N2O4S/c1-16(2)19-9-11-20(12-10-19)26-24(27(33)21-7-6-8-22(15-21)36-5)28(34)29(35)32(26)30-31-25-18(4)13-17(3)14-23(25)37-30/h6-16,26,33H,1-5H3/b27-24+/t26-/m0/s1. The Morgan fingerprint density at radius 1 is 1.05 bits per heavy atom. The van der Waals surface area contributed by atoms with Gasteiger partial charge in [0.05, 0.1) is 28.9 Å². The Morgan fingerprint density at radius 3 is 2.46 bits per heavy atom. The van der Waals surface area contributed by atoms with Crippen LogP contribution in [0.5, 0.6) is 5.75 Å². The van der Waals surface area contributed by atoms with Gasteiger partial charge in [0.2, 0.25) is 0 Å². The molecule has 1 amide bonds. The van der Waals surface area contributed by atoms with Gasteiger partial charge in [0.15, 0.2) is 5.13 Å². The zero-order valence-electron chi connectivity index (χ0n) is 21.4. The van der Waals surface area contributed by atoms with E-state index in [0.717, 1.165) is 32.5 Å². The van der Waals surface area contributed by atoms with Gasteiger partial charge in [-0.2, -0.15) is 0 Å². The number of aromatic nitrogens is 1. The molecular weight excluding hydrogens is 484 g/mol. The van der Waals surface area contributed by atoms with Crippen LogP contribution in [0.25, 0.3) is 16.0 Å². The summed E-state index contributed by atoms with van der Waals surface area (Å²) in [5.74, 6) is -0.840. The van der Waals surface area contributed by atoms with Crippen LogP contribution in [0, 0.1) is 13.8 Å². The highest BCUT2D eigenvalue weighted by Gasteiger charge is 2.48. The summed E-state index contributed by atoms with van der Waals surface area (Å²) >= 11 is 1.37. The molecule has 1 atom stereocenters. The Hall–Kier alpha value is -3.97. The zero-order valence-corrected chi connectivity index (χ0v) is 22.2. The van der Waals surface area contributed by atoms with E-state index in [9.17, 15) is 14.7 Å². The number of ketones is 1. The molecule has 6 nitrogen and oxygen atoms in total. The molecule has 1 fully saturated rings. The van der Waals surface area contributed by atoms with Crippen LogP contribution in [0.1, 0.15) is 53.6 Å². The second-order valence-corrected chi connectivity index (χ2v) is 10.7. The number of methoxy groups -OCH3 is 1. The molecule has 7 heteroatoms. The Kier molecular flexibility index (Phi) is 6.33. The molecule has 0 unspecified atom stereocenters. The first kappa shape index (κ1) is 24.7. The van der Waals surface area contributed by atoms with Gasteiger partial charge in [-0.05, 0) is 60.2 Å². The topological polar surface area (TPSA) is 79.7 Å². The van der Waals surface area contributed by atoms with E-state index in [2.05, 4.69) is 13.8 Å². The van der Waals surface area contributed by atoms with Crippen LogP contribution < -0.4 is 9.64 Å². The van der Waals surface area contributed by atoms with Gasteiger partial charge >= 0.3 is 5.91 Å². The van der Waals surface area contributed by atoms with Crippen LogP contribution in [0.2, 0.25) is 0 Å². The van der Waals surface area contributed by atoms with Gasteiger partial charge in [0.25, 0.3) is 5.78 Å². The largest absolute Gasteiger partial charge is 0.507 e. The molecule has 5 rings (SSSR count). The molecule has 1 aliphatic rings. The molecule has 0 aliphatic carbocycles. The van der Waals surface area contributed by atoms with E-state index in [4.69, 9.17) is 9.72 Å². The summed E-state index contributed by atoms with van der Waals surface area (Å²) in [6.45, 7) is 8.21. The summed E-state index contributed by atoms with van der Waals surface area (Å²) in [5, 5.41) is 11.8. The summed E-state index contributed by atoms with van der Waals surface area (Å²) in [5.41, 5.74) is 5.19. The number of anilines is 1. The SMILES string of the molecule is COc1cccc(/C(O)=C2\C(=O)C(=O)N(c3nc4c(C)cc(C)cc4s3)[C@H]2c2ccc(C(C)C)cc2)c1. The van der Waals surface area contributed by atoms with Gasteiger partial charge in [-0.25, -0.2) is 4.98 Å². The molecule has 4 aromatic rings. The second kappa shape index (κ2) is 9.48. The highest BCUT2D eigenvalue weighted by atomic mass is 32.1. The number of amides is 1. The van der Waals surface area contributed by atoms with Crippen molar-refractivity contribution < 1.29 is 19.4 Å². The summed E-state index contributed by atoms with van der Waals surface area (Å²) in [4.78, 5) is 33.2. The van der Waals surface area contributed by atoms with Crippen LogP contribution in [0.4, 0.5) is 5.13 Å². The molecule has 2 heterocycles. The van der Waals surface area contributed by atoms with Crippen LogP contribution >= 0.6 is 11.3 Å². The zero-order chi connectivity index (χ0) is 26.4. The molecular formula is C30H28N2O4S. The van der Waals surface area contributed by atoms with Crippen molar-refractivity contribution in [2.75, 3.05) is 12.0 Å².